The summed E-state index contributed by atoms with van der Waals surface area (Å²) in [5, 5.41) is 30.2. The van der Waals surface area contributed by atoms with E-state index in [1.807, 2.05) is 0 Å². The van der Waals surface area contributed by atoms with Crippen molar-refractivity contribution in [2.75, 3.05) is 91.6 Å². The molecule has 0 aromatic carbocycles. The lowest BCUT2D eigenvalue weighted by Crippen LogP contribution is -2.68. The molecule has 3 fully saturated rings. The van der Waals surface area contributed by atoms with Crippen molar-refractivity contribution < 1.29 is 20.1 Å². The molecule has 0 spiro atoms. The van der Waals surface area contributed by atoms with Gasteiger partial charge in [-0.25, -0.2) is 0 Å². The summed E-state index contributed by atoms with van der Waals surface area (Å²) in [6, 6.07) is 0. The van der Waals surface area contributed by atoms with E-state index in [2.05, 4.69) is 47.9 Å². The lowest BCUT2D eigenvalue weighted by molar-refractivity contribution is -0.124. The molecular formula is C24H58N10O3. The van der Waals surface area contributed by atoms with E-state index in [4.69, 9.17) is 5.73 Å². The Kier molecular flexibility index (Phi) is 14.9. The molecule has 3 rings (SSSR count). The van der Waals surface area contributed by atoms with E-state index in [9.17, 15) is 14.4 Å². The third-order valence-corrected chi connectivity index (χ3v) is 6.57. The summed E-state index contributed by atoms with van der Waals surface area (Å²) in [6.07, 6.45) is 1.86. The highest BCUT2D eigenvalue weighted by Gasteiger charge is 2.33. The molecule has 3 heterocycles. The maximum absolute atomic E-state index is 12.9. The van der Waals surface area contributed by atoms with Crippen LogP contribution in [-0.2, 0) is 14.4 Å². The largest absolute Gasteiger partial charge is 0.356 e. The van der Waals surface area contributed by atoms with Crippen LogP contribution in [0, 0.1) is 0 Å². The summed E-state index contributed by atoms with van der Waals surface area (Å²) in [4.78, 5) is 36.9. The van der Waals surface area contributed by atoms with Crippen molar-refractivity contribution in [3.05, 3.63) is 0 Å². The number of rotatable bonds is 9. The minimum absolute atomic E-state index is 0. The molecule has 0 atom stereocenters. The summed E-state index contributed by atoms with van der Waals surface area (Å²) in [7, 11) is 0. The van der Waals surface area contributed by atoms with Gasteiger partial charge in [0, 0.05) is 111 Å². The normalized spacial score (nSPS) is 26.4. The second kappa shape index (κ2) is 17.6. The zero-order valence-corrected chi connectivity index (χ0v) is 22.5. The predicted molar refractivity (Wildman–Crippen MR) is 154 cm³/mol. The van der Waals surface area contributed by atoms with Crippen molar-refractivity contribution >= 4 is 17.7 Å². The van der Waals surface area contributed by atoms with Gasteiger partial charge in [-0.05, 0) is 19.4 Å². The highest BCUT2D eigenvalue weighted by Crippen LogP contribution is 2.06. The van der Waals surface area contributed by atoms with Crippen molar-refractivity contribution in [2.45, 2.75) is 43.7 Å². The Morgan fingerprint density at radius 2 is 1.08 bits per heavy atom. The molecule has 37 heavy (non-hydrogen) atoms. The van der Waals surface area contributed by atoms with E-state index in [0.29, 0.717) is 71.6 Å². The van der Waals surface area contributed by atoms with Gasteiger partial charge in [0.25, 0.3) is 0 Å². The fraction of sp³-hybridized carbons (Fsp3) is 0.875. The average molecular weight is 535 g/mol. The molecule has 13 nitrogen and oxygen atoms in total. The van der Waals surface area contributed by atoms with Gasteiger partial charge in [-0.15, -0.1) is 0 Å². The molecule has 13 heteroatoms. The fourth-order valence-corrected chi connectivity index (χ4v) is 4.70. The van der Waals surface area contributed by atoms with Gasteiger partial charge in [0.1, 0.15) is 0 Å². The molecule has 3 amide bonds. The molecule has 11 N–H and O–H groups in total. The second-order valence-corrected chi connectivity index (χ2v) is 10.2. The molecule has 0 aromatic rings. The zero-order valence-electron chi connectivity index (χ0n) is 22.5. The Balaban J connectivity index is -0.00000361. The topological polar surface area (TPSA) is 186 Å². The van der Waals surface area contributed by atoms with Gasteiger partial charge in [0.05, 0.1) is 11.1 Å². The molecule has 3 aliphatic heterocycles. The number of nitrogens with two attached hydrogens (primary N) is 1. The lowest BCUT2D eigenvalue weighted by Gasteiger charge is -2.38. The SMILES string of the molecule is CC(=O)NC12CNCCNCC(NC(=O)CCCC(=O)NCCCN)(CNCCNC1)CNCCNC2.[HH].[HH].[HH].[HH]. The number of carbonyl (C=O) groups excluding carboxylic acids is 3. The van der Waals surface area contributed by atoms with Crippen LogP contribution in [0.3, 0.4) is 0 Å². The van der Waals surface area contributed by atoms with Crippen molar-refractivity contribution in [1.82, 2.24) is 47.9 Å². The first kappa shape index (κ1) is 31.3. The Morgan fingerprint density at radius 3 is 1.49 bits per heavy atom. The monoisotopic (exact) mass is 534 g/mol. The van der Waals surface area contributed by atoms with Gasteiger partial charge in [0.2, 0.25) is 17.7 Å². The maximum atomic E-state index is 12.9. The number of nitrogens with one attached hydrogen (secondary N) is 9. The van der Waals surface area contributed by atoms with E-state index < -0.39 is 11.1 Å². The summed E-state index contributed by atoms with van der Waals surface area (Å²) >= 11 is 0. The van der Waals surface area contributed by atoms with Gasteiger partial charge < -0.3 is 53.6 Å². The number of hydrogen-bond donors (Lipinski definition) is 10. The van der Waals surface area contributed by atoms with E-state index in [1.54, 1.807) is 6.92 Å². The van der Waals surface area contributed by atoms with E-state index in [1.165, 1.54) is 0 Å². The molecule has 3 saturated heterocycles. The van der Waals surface area contributed by atoms with E-state index in [-0.39, 0.29) is 23.4 Å². The van der Waals surface area contributed by atoms with Gasteiger partial charge in [-0.3, -0.25) is 14.4 Å². The van der Waals surface area contributed by atoms with Crippen LogP contribution in [0.15, 0.2) is 0 Å². The van der Waals surface area contributed by atoms with Crippen LogP contribution < -0.4 is 53.6 Å². The first-order valence-corrected chi connectivity index (χ1v) is 13.7. The standard InChI is InChI=1S/C24H50N10O3.4H2/c1-20(35)33-23-14-26-8-11-29-17-24(18-30-12-9-27-15-23,19-31-13-10-28-16-23)34-22(37)5-2-4-21(36)32-7-3-6-25;;;;/h26-31H,2-19,25H2,1H3,(H,32,36)(H,33,35)(H,34,37);4*1H. The number of fused-ring (bicyclic) bond motifs is 15. The molecule has 0 radical (unpaired) electrons. The van der Waals surface area contributed by atoms with E-state index in [0.717, 1.165) is 45.7 Å². The highest BCUT2D eigenvalue weighted by molar-refractivity contribution is 5.79. The van der Waals surface area contributed by atoms with Crippen LogP contribution in [0.4, 0.5) is 0 Å². The zero-order chi connectivity index (χ0) is 26.8. The lowest BCUT2D eigenvalue weighted by atomic mass is 9.97. The number of amides is 3. The smallest absolute Gasteiger partial charge is 0.220 e. The van der Waals surface area contributed by atoms with Crippen molar-refractivity contribution in [3.8, 4) is 0 Å². The summed E-state index contributed by atoms with van der Waals surface area (Å²) in [5.41, 5.74) is 4.51. The molecule has 0 saturated carbocycles. The van der Waals surface area contributed by atoms with Crippen molar-refractivity contribution in [2.24, 2.45) is 5.73 Å². The molecule has 0 aliphatic carbocycles. The third-order valence-electron chi connectivity index (χ3n) is 6.57. The van der Waals surface area contributed by atoms with Gasteiger partial charge in [-0.1, -0.05) is 0 Å². The van der Waals surface area contributed by atoms with Gasteiger partial charge in [-0.2, -0.15) is 0 Å². The molecule has 0 aromatic heterocycles. The quantitative estimate of drug-likeness (QED) is 0.136. The first-order chi connectivity index (χ1) is 17.9. The molecule has 222 valence electrons. The van der Waals surface area contributed by atoms with Crippen LogP contribution >= 0.6 is 0 Å². The minimum Gasteiger partial charge on any atom is -0.356 e. The second-order valence-electron chi connectivity index (χ2n) is 10.2. The van der Waals surface area contributed by atoms with Crippen molar-refractivity contribution in [1.29, 1.82) is 0 Å². The predicted octanol–water partition coefficient (Wildman–Crippen LogP) is -3.10. The fourth-order valence-electron chi connectivity index (χ4n) is 4.70. The van der Waals surface area contributed by atoms with E-state index >= 15 is 0 Å². The molecular weight excluding hydrogens is 476 g/mol. The summed E-state index contributed by atoms with van der Waals surface area (Å²) < 4.78 is 0. The minimum atomic E-state index is -0.519. The molecule has 3 aliphatic rings. The Hall–Kier alpha value is -1.87. The van der Waals surface area contributed by atoms with Gasteiger partial charge in [0.15, 0.2) is 0 Å². The number of hydrogen-bond acceptors (Lipinski definition) is 10. The highest BCUT2D eigenvalue weighted by atomic mass is 16.2. The molecule has 0 unspecified atom stereocenters. The summed E-state index contributed by atoms with van der Waals surface area (Å²) in [6.45, 7) is 10.7. The first-order valence-electron chi connectivity index (χ1n) is 13.7. The maximum Gasteiger partial charge on any atom is 0.220 e. The van der Waals surface area contributed by atoms with Crippen LogP contribution in [-0.4, -0.2) is 120 Å². The van der Waals surface area contributed by atoms with Crippen molar-refractivity contribution in [3.63, 3.8) is 0 Å². The van der Waals surface area contributed by atoms with Crippen LogP contribution in [0.2, 0.25) is 0 Å². The summed E-state index contributed by atoms with van der Waals surface area (Å²) in [5.74, 6) is -0.151. The third kappa shape index (κ3) is 13.0. The molecule has 2 bridgehead atoms. The van der Waals surface area contributed by atoms with Crippen LogP contribution in [0.1, 0.15) is 38.3 Å². The van der Waals surface area contributed by atoms with Crippen LogP contribution in [0.5, 0.6) is 0 Å². The Labute approximate surface area is 227 Å². The van der Waals surface area contributed by atoms with Crippen LogP contribution in [0.25, 0.3) is 0 Å². The Morgan fingerprint density at radius 1 is 0.676 bits per heavy atom. The van der Waals surface area contributed by atoms with Gasteiger partial charge >= 0.3 is 0 Å². The average Bonchev–Trinajstić information content (AvgIpc) is 2.85. The number of carbonyl (C=O) groups is 3. The Bertz CT molecular complexity index is 669.